The Bertz CT molecular complexity index is 321. The molecule has 13 heavy (non-hydrogen) atoms. The zero-order valence-corrected chi connectivity index (χ0v) is 7.41. The highest BCUT2D eigenvalue weighted by Crippen LogP contribution is 2.23. The fourth-order valence-corrected chi connectivity index (χ4v) is 1.47. The number of aryl methyl sites for hydroxylation is 1. The molecule has 5 heteroatoms. The Morgan fingerprint density at radius 1 is 1.54 bits per heavy atom. The zero-order valence-electron chi connectivity index (χ0n) is 7.41. The van der Waals surface area contributed by atoms with Crippen molar-refractivity contribution in [2.75, 3.05) is 6.54 Å². The van der Waals surface area contributed by atoms with Crippen LogP contribution in [0.1, 0.15) is 30.5 Å². The van der Waals surface area contributed by atoms with Crippen molar-refractivity contribution in [1.82, 2.24) is 15.5 Å². The van der Waals surface area contributed by atoms with Gasteiger partial charge in [-0.05, 0) is 6.42 Å². The standard InChI is InChI=1S/C8H11N3O2/c1-5-10-11-8(13-5)6-2-3-9-7(12)4-6/h6H,2-4H2,1H3,(H,9,12). The number of hydrogen-bond donors (Lipinski definition) is 1. The minimum Gasteiger partial charge on any atom is -0.425 e. The number of hydrogen-bond acceptors (Lipinski definition) is 4. The van der Waals surface area contributed by atoms with Gasteiger partial charge in [0.25, 0.3) is 0 Å². The van der Waals surface area contributed by atoms with E-state index >= 15 is 0 Å². The number of aromatic nitrogens is 2. The summed E-state index contributed by atoms with van der Waals surface area (Å²) < 4.78 is 5.27. The van der Waals surface area contributed by atoms with E-state index < -0.39 is 0 Å². The van der Waals surface area contributed by atoms with Crippen LogP contribution in [0.4, 0.5) is 0 Å². The second-order valence-corrected chi connectivity index (χ2v) is 3.20. The molecule has 1 amide bonds. The lowest BCUT2D eigenvalue weighted by Gasteiger charge is -2.18. The Balaban J connectivity index is 2.12. The summed E-state index contributed by atoms with van der Waals surface area (Å²) in [5.41, 5.74) is 0. The summed E-state index contributed by atoms with van der Waals surface area (Å²) in [6.45, 7) is 2.45. The van der Waals surface area contributed by atoms with Gasteiger partial charge in [-0.15, -0.1) is 10.2 Å². The van der Waals surface area contributed by atoms with Gasteiger partial charge in [0.2, 0.25) is 17.7 Å². The van der Waals surface area contributed by atoms with Gasteiger partial charge in [0.1, 0.15) is 0 Å². The van der Waals surface area contributed by atoms with Crippen LogP contribution in [0, 0.1) is 6.92 Å². The van der Waals surface area contributed by atoms with Crippen LogP contribution in [0.2, 0.25) is 0 Å². The van der Waals surface area contributed by atoms with Gasteiger partial charge < -0.3 is 9.73 Å². The van der Waals surface area contributed by atoms with E-state index in [0.29, 0.717) is 24.7 Å². The third-order valence-corrected chi connectivity index (χ3v) is 2.14. The van der Waals surface area contributed by atoms with Crippen molar-refractivity contribution in [3.05, 3.63) is 11.8 Å². The summed E-state index contributed by atoms with van der Waals surface area (Å²) in [6.07, 6.45) is 1.34. The summed E-state index contributed by atoms with van der Waals surface area (Å²) >= 11 is 0. The van der Waals surface area contributed by atoms with E-state index in [1.54, 1.807) is 6.92 Å². The van der Waals surface area contributed by atoms with Crippen molar-refractivity contribution in [1.29, 1.82) is 0 Å². The molecule has 1 saturated heterocycles. The molecule has 0 aliphatic carbocycles. The van der Waals surface area contributed by atoms with Crippen molar-refractivity contribution in [2.24, 2.45) is 0 Å². The molecular weight excluding hydrogens is 170 g/mol. The average Bonchev–Trinajstić information content (AvgIpc) is 2.52. The predicted octanol–water partition coefficient (Wildman–Crippen LogP) is 0.372. The monoisotopic (exact) mass is 181 g/mol. The molecule has 0 bridgehead atoms. The lowest BCUT2D eigenvalue weighted by atomic mass is 9.98. The van der Waals surface area contributed by atoms with Gasteiger partial charge in [-0.2, -0.15) is 0 Å². The number of rotatable bonds is 1. The maximum absolute atomic E-state index is 11.1. The van der Waals surface area contributed by atoms with Crippen molar-refractivity contribution in [3.8, 4) is 0 Å². The maximum Gasteiger partial charge on any atom is 0.220 e. The van der Waals surface area contributed by atoms with E-state index in [2.05, 4.69) is 15.5 Å². The molecule has 70 valence electrons. The molecule has 2 heterocycles. The van der Waals surface area contributed by atoms with Gasteiger partial charge >= 0.3 is 0 Å². The second kappa shape index (κ2) is 3.16. The van der Waals surface area contributed by atoms with E-state index in [4.69, 9.17) is 4.42 Å². The van der Waals surface area contributed by atoms with Gasteiger partial charge in [0, 0.05) is 25.8 Å². The minimum atomic E-state index is 0.0621. The topological polar surface area (TPSA) is 68.0 Å². The third-order valence-electron chi connectivity index (χ3n) is 2.14. The molecular formula is C8H11N3O2. The van der Waals surface area contributed by atoms with Crippen LogP contribution in [0.25, 0.3) is 0 Å². The molecule has 0 radical (unpaired) electrons. The molecule has 5 nitrogen and oxygen atoms in total. The van der Waals surface area contributed by atoms with E-state index in [1.807, 2.05) is 0 Å². The third kappa shape index (κ3) is 1.68. The molecule has 2 rings (SSSR count). The first-order valence-electron chi connectivity index (χ1n) is 4.32. The number of nitrogens with one attached hydrogen (secondary N) is 1. The fourth-order valence-electron chi connectivity index (χ4n) is 1.47. The molecule has 0 spiro atoms. The highest BCUT2D eigenvalue weighted by molar-refractivity contribution is 5.77. The van der Waals surface area contributed by atoms with Gasteiger partial charge in [-0.3, -0.25) is 4.79 Å². The fraction of sp³-hybridized carbons (Fsp3) is 0.625. The van der Waals surface area contributed by atoms with Crippen LogP contribution in [0.15, 0.2) is 4.42 Å². The van der Waals surface area contributed by atoms with E-state index in [9.17, 15) is 4.79 Å². The maximum atomic E-state index is 11.1. The largest absolute Gasteiger partial charge is 0.425 e. The molecule has 1 aliphatic heterocycles. The molecule has 0 aromatic carbocycles. The van der Waals surface area contributed by atoms with E-state index in [-0.39, 0.29) is 11.8 Å². The van der Waals surface area contributed by atoms with Gasteiger partial charge in [0.05, 0.1) is 0 Å². The Morgan fingerprint density at radius 2 is 2.38 bits per heavy atom. The van der Waals surface area contributed by atoms with Crippen molar-refractivity contribution in [2.45, 2.75) is 25.7 Å². The average molecular weight is 181 g/mol. The first kappa shape index (κ1) is 8.22. The SMILES string of the molecule is Cc1nnc(C2CCNC(=O)C2)o1. The van der Waals surface area contributed by atoms with Crippen LogP contribution in [0.3, 0.4) is 0 Å². The summed E-state index contributed by atoms with van der Waals surface area (Å²) in [6, 6.07) is 0. The van der Waals surface area contributed by atoms with Crippen LogP contribution >= 0.6 is 0 Å². The minimum absolute atomic E-state index is 0.0621. The van der Waals surface area contributed by atoms with Gasteiger partial charge in [0.15, 0.2) is 0 Å². The number of piperidine rings is 1. The number of carbonyl (C=O) groups is 1. The highest BCUT2D eigenvalue weighted by Gasteiger charge is 2.24. The quantitative estimate of drug-likeness (QED) is 0.679. The lowest BCUT2D eigenvalue weighted by Crippen LogP contribution is -2.32. The first-order chi connectivity index (χ1) is 6.25. The normalized spacial score (nSPS) is 22.8. The van der Waals surface area contributed by atoms with Crippen LogP contribution in [-0.4, -0.2) is 22.6 Å². The second-order valence-electron chi connectivity index (χ2n) is 3.20. The van der Waals surface area contributed by atoms with Crippen molar-refractivity contribution >= 4 is 5.91 Å². The lowest BCUT2D eigenvalue weighted by molar-refractivity contribution is -0.122. The first-order valence-corrected chi connectivity index (χ1v) is 4.32. The molecule has 1 N–H and O–H groups in total. The molecule has 1 aromatic rings. The smallest absolute Gasteiger partial charge is 0.220 e. The van der Waals surface area contributed by atoms with Gasteiger partial charge in [-0.25, -0.2) is 0 Å². The summed E-state index contributed by atoms with van der Waals surface area (Å²) in [4.78, 5) is 11.1. The van der Waals surface area contributed by atoms with E-state index in [1.165, 1.54) is 0 Å². The Morgan fingerprint density at radius 3 is 3.00 bits per heavy atom. The molecule has 1 unspecified atom stereocenters. The Kier molecular flexibility index (Phi) is 2.00. The zero-order chi connectivity index (χ0) is 9.26. The van der Waals surface area contributed by atoms with Crippen molar-refractivity contribution in [3.63, 3.8) is 0 Å². The van der Waals surface area contributed by atoms with E-state index in [0.717, 1.165) is 6.42 Å². The number of nitrogens with zero attached hydrogens (tertiary/aromatic N) is 2. The molecule has 1 aliphatic rings. The molecule has 0 saturated carbocycles. The molecule has 1 fully saturated rings. The summed E-state index contributed by atoms with van der Waals surface area (Å²) in [5.74, 6) is 1.32. The number of carbonyl (C=O) groups excluding carboxylic acids is 1. The summed E-state index contributed by atoms with van der Waals surface area (Å²) in [7, 11) is 0. The highest BCUT2D eigenvalue weighted by atomic mass is 16.4. The van der Waals surface area contributed by atoms with Crippen molar-refractivity contribution < 1.29 is 9.21 Å². The molecule has 1 aromatic heterocycles. The Hall–Kier alpha value is -1.39. The molecule has 1 atom stereocenters. The number of amides is 1. The summed E-state index contributed by atoms with van der Waals surface area (Å²) in [5, 5.41) is 10.4. The Labute approximate surface area is 75.5 Å². The predicted molar refractivity (Wildman–Crippen MR) is 44.0 cm³/mol. The van der Waals surface area contributed by atoms with Crippen LogP contribution < -0.4 is 5.32 Å². The van der Waals surface area contributed by atoms with Crippen LogP contribution in [-0.2, 0) is 4.79 Å². The van der Waals surface area contributed by atoms with Crippen LogP contribution in [0.5, 0.6) is 0 Å². The van der Waals surface area contributed by atoms with Gasteiger partial charge in [-0.1, -0.05) is 0 Å².